The van der Waals surface area contributed by atoms with Crippen LogP contribution >= 0.6 is 0 Å². The van der Waals surface area contributed by atoms with Crippen LogP contribution in [0.15, 0.2) is 77.6 Å². The quantitative estimate of drug-likeness (QED) is 0.318. The number of carbonyl (C=O) groups excluding carboxylic acids is 2. The normalized spacial score (nSPS) is 10.6. The molecule has 4 rings (SSSR count). The first-order valence-electron chi connectivity index (χ1n) is 10.0. The van der Waals surface area contributed by atoms with Crippen molar-refractivity contribution in [1.29, 1.82) is 0 Å². The van der Waals surface area contributed by atoms with Crippen LogP contribution in [-0.2, 0) is 4.74 Å². The molecule has 3 aromatic carbocycles. The van der Waals surface area contributed by atoms with Gasteiger partial charge in [-0.3, -0.25) is 9.59 Å². The van der Waals surface area contributed by atoms with Crippen molar-refractivity contribution in [3.63, 3.8) is 0 Å². The van der Waals surface area contributed by atoms with Gasteiger partial charge in [-0.15, -0.1) is 0 Å². The van der Waals surface area contributed by atoms with Crippen molar-refractivity contribution in [2.75, 3.05) is 20.8 Å². The first-order valence-corrected chi connectivity index (χ1v) is 10.0. The number of ketones is 1. The van der Waals surface area contributed by atoms with Crippen molar-refractivity contribution in [2.24, 2.45) is 0 Å². The lowest BCUT2D eigenvalue weighted by atomic mass is 10.1. The fourth-order valence-corrected chi connectivity index (χ4v) is 3.38. The van der Waals surface area contributed by atoms with Crippen molar-refractivity contribution in [1.82, 2.24) is 9.78 Å². The largest absolute Gasteiger partial charge is 0.493 e. The fourth-order valence-electron chi connectivity index (χ4n) is 3.38. The minimum atomic E-state index is -0.815. The molecule has 0 aliphatic rings. The minimum Gasteiger partial charge on any atom is -0.493 e. The molecule has 33 heavy (non-hydrogen) atoms. The van der Waals surface area contributed by atoms with Crippen LogP contribution in [0, 0.1) is 0 Å². The highest BCUT2D eigenvalue weighted by molar-refractivity contribution is 6.04. The summed E-state index contributed by atoms with van der Waals surface area (Å²) in [6.45, 7) is -0.505. The Morgan fingerprint density at radius 3 is 2.21 bits per heavy atom. The summed E-state index contributed by atoms with van der Waals surface area (Å²) in [6.07, 6.45) is 0. The number of rotatable bonds is 7. The third kappa shape index (κ3) is 4.31. The lowest BCUT2D eigenvalue weighted by Crippen LogP contribution is -2.25. The Kier molecular flexibility index (Phi) is 6.17. The molecule has 0 aliphatic heterocycles. The number of ether oxygens (including phenoxy) is 3. The second-order valence-electron chi connectivity index (χ2n) is 7.02. The molecule has 8 nitrogen and oxygen atoms in total. The van der Waals surface area contributed by atoms with Crippen molar-refractivity contribution >= 4 is 22.5 Å². The number of hydrogen-bond acceptors (Lipinski definition) is 7. The van der Waals surface area contributed by atoms with Crippen LogP contribution in [0.25, 0.3) is 16.5 Å². The lowest BCUT2D eigenvalue weighted by Gasteiger charge is -2.11. The van der Waals surface area contributed by atoms with E-state index in [9.17, 15) is 14.4 Å². The minimum absolute atomic E-state index is 0.0610. The van der Waals surface area contributed by atoms with Crippen molar-refractivity contribution < 1.29 is 23.8 Å². The highest BCUT2D eigenvalue weighted by Crippen LogP contribution is 2.27. The lowest BCUT2D eigenvalue weighted by molar-refractivity contribution is 0.0469. The molecule has 0 amide bonds. The number of benzene rings is 3. The molecular formula is C25H20N2O6. The Hall–Kier alpha value is -4.46. The van der Waals surface area contributed by atoms with E-state index < -0.39 is 18.4 Å². The average Bonchev–Trinajstić information content (AvgIpc) is 2.87. The van der Waals surface area contributed by atoms with Gasteiger partial charge in [-0.25, -0.2) is 4.79 Å². The number of esters is 1. The first kappa shape index (κ1) is 21.8. The first-order chi connectivity index (χ1) is 16.0. The zero-order valence-corrected chi connectivity index (χ0v) is 18.0. The number of para-hydroxylation sites is 1. The number of methoxy groups -OCH3 is 2. The maximum Gasteiger partial charge on any atom is 0.359 e. The molecule has 0 unspecified atom stereocenters. The third-order valence-electron chi connectivity index (χ3n) is 5.04. The van der Waals surface area contributed by atoms with Crippen LogP contribution in [0.4, 0.5) is 0 Å². The molecule has 0 saturated carbocycles. The summed E-state index contributed by atoms with van der Waals surface area (Å²) in [4.78, 5) is 38.5. The molecule has 0 atom stereocenters. The number of hydrogen-bond donors (Lipinski definition) is 0. The monoisotopic (exact) mass is 444 g/mol. The molecule has 1 aromatic heterocycles. The Morgan fingerprint density at radius 1 is 0.848 bits per heavy atom. The topological polar surface area (TPSA) is 96.7 Å². The summed E-state index contributed by atoms with van der Waals surface area (Å²) in [5.41, 5.74) is 0.375. The summed E-state index contributed by atoms with van der Waals surface area (Å²) >= 11 is 0. The molecular weight excluding hydrogens is 424 g/mol. The Morgan fingerprint density at radius 2 is 1.52 bits per heavy atom. The Bertz CT molecular complexity index is 1400. The standard InChI is InChI=1S/C25H20N2O6/c1-31-21-13-12-16(14-22(21)32-2)20(28)15-33-25(30)23-18-10-6-7-11-19(18)24(29)27(26-23)17-8-4-3-5-9-17/h3-14H,15H2,1-2H3. The number of Topliss-reactive ketones (excluding diaryl/α,β-unsaturated/α-hetero) is 1. The summed E-state index contributed by atoms with van der Waals surface area (Å²) in [7, 11) is 2.96. The van der Waals surface area contributed by atoms with Gasteiger partial charge in [0.25, 0.3) is 5.56 Å². The molecule has 0 aliphatic carbocycles. The van der Waals surface area contributed by atoms with Crippen molar-refractivity contribution in [3.05, 3.63) is 94.4 Å². The van der Waals surface area contributed by atoms with E-state index in [1.165, 1.54) is 20.3 Å². The van der Waals surface area contributed by atoms with E-state index in [4.69, 9.17) is 14.2 Å². The SMILES string of the molecule is COc1ccc(C(=O)COC(=O)c2nn(-c3ccccc3)c(=O)c3ccccc23)cc1OC. The van der Waals surface area contributed by atoms with Gasteiger partial charge >= 0.3 is 5.97 Å². The van der Waals surface area contributed by atoms with Crippen molar-refractivity contribution in [3.8, 4) is 17.2 Å². The van der Waals surface area contributed by atoms with Gasteiger partial charge in [-0.05, 0) is 36.4 Å². The van der Waals surface area contributed by atoms with Gasteiger partial charge in [-0.1, -0.05) is 36.4 Å². The van der Waals surface area contributed by atoms with E-state index in [-0.39, 0.29) is 11.3 Å². The molecule has 166 valence electrons. The van der Waals surface area contributed by atoms with Gasteiger partial charge in [0.1, 0.15) is 0 Å². The predicted molar refractivity (Wildman–Crippen MR) is 121 cm³/mol. The van der Waals surface area contributed by atoms with Crippen LogP contribution in [0.1, 0.15) is 20.8 Å². The van der Waals surface area contributed by atoms with E-state index in [2.05, 4.69) is 5.10 Å². The smallest absolute Gasteiger partial charge is 0.359 e. The van der Waals surface area contributed by atoms with E-state index in [1.807, 2.05) is 6.07 Å². The van der Waals surface area contributed by atoms with Gasteiger partial charge in [0.15, 0.2) is 29.6 Å². The molecule has 0 radical (unpaired) electrons. The molecule has 0 bridgehead atoms. The zero-order valence-electron chi connectivity index (χ0n) is 18.0. The molecule has 1 heterocycles. The van der Waals surface area contributed by atoms with Crippen LogP contribution in [0.5, 0.6) is 11.5 Å². The van der Waals surface area contributed by atoms with E-state index in [1.54, 1.807) is 60.7 Å². The molecule has 0 fully saturated rings. The fraction of sp³-hybridized carbons (Fsp3) is 0.120. The molecule has 8 heteroatoms. The number of nitrogens with zero attached hydrogens (tertiary/aromatic N) is 2. The molecule has 0 N–H and O–H groups in total. The second-order valence-corrected chi connectivity index (χ2v) is 7.02. The van der Waals surface area contributed by atoms with Crippen LogP contribution in [-0.4, -0.2) is 42.4 Å². The van der Waals surface area contributed by atoms with Gasteiger partial charge in [0.05, 0.1) is 25.3 Å². The van der Waals surface area contributed by atoms with E-state index in [0.29, 0.717) is 33.5 Å². The zero-order chi connectivity index (χ0) is 23.4. The van der Waals surface area contributed by atoms with E-state index in [0.717, 1.165) is 4.68 Å². The Balaban J connectivity index is 1.64. The summed E-state index contributed by atoms with van der Waals surface area (Å²) in [5.74, 6) is -0.378. The maximum absolute atomic E-state index is 12.9. The summed E-state index contributed by atoms with van der Waals surface area (Å²) < 4.78 is 16.8. The Labute approximate surface area is 188 Å². The molecule has 0 spiro atoms. The van der Waals surface area contributed by atoms with Gasteiger partial charge < -0.3 is 14.2 Å². The number of carbonyl (C=O) groups is 2. The number of fused-ring (bicyclic) bond motifs is 1. The third-order valence-corrected chi connectivity index (χ3v) is 5.04. The average molecular weight is 444 g/mol. The maximum atomic E-state index is 12.9. The predicted octanol–water partition coefficient (Wildman–Crippen LogP) is 3.44. The van der Waals surface area contributed by atoms with Gasteiger partial charge in [-0.2, -0.15) is 9.78 Å². The van der Waals surface area contributed by atoms with Crippen molar-refractivity contribution in [2.45, 2.75) is 0 Å². The second kappa shape index (κ2) is 9.35. The highest BCUT2D eigenvalue weighted by Gasteiger charge is 2.20. The molecule has 0 saturated heterocycles. The van der Waals surface area contributed by atoms with Gasteiger partial charge in [0, 0.05) is 10.9 Å². The van der Waals surface area contributed by atoms with E-state index >= 15 is 0 Å². The summed E-state index contributed by atoms with van der Waals surface area (Å²) in [6, 6.07) is 20.0. The van der Waals surface area contributed by atoms with Crippen LogP contribution in [0.3, 0.4) is 0 Å². The van der Waals surface area contributed by atoms with Crippen LogP contribution < -0.4 is 15.0 Å². The summed E-state index contributed by atoms with van der Waals surface area (Å²) in [5, 5.41) is 4.91. The number of aromatic nitrogens is 2. The highest BCUT2D eigenvalue weighted by atomic mass is 16.5. The molecule has 4 aromatic rings. The van der Waals surface area contributed by atoms with Gasteiger partial charge in [0.2, 0.25) is 0 Å². The van der Waals surface area contributed by atoms with Crippen LogP contribution in [0.2, 0.25) is 0 Å².